The molecule has 0 aliphatic carbocycles. The highest BCUT2D eigenvalue weighted by Gasteiger charge is 2.46. The van der Waals surface area contributed by atoms with Crippen molar-refractivity contribution < 1.29 is 14.6 Å². The minimum Gasteiger partial charge on any atom is -0.485 e. The van der Waals surface area contributed by atoms with E-state index in [4.69, 9.17) is 4.74 Å². The van der Waals surface area contributed by atoms with Gasteiger partial charge in [-0.25, -0.2) is 0 Å². The molecule has 1 aromatic rings. The van der Waals surface area contributed by atoms with E-state index in [1.807, 2.05) is 13.8 Å². The van der Waals surface area contributed by atoms with Crippen molar-refractivity contribution in [2.45, 2.75) is 63.7 Å². The highest BCUT2D eigenvalue weighted by atomic mass is 16.5. The number of hydrogen-bond acceptors (Lipinski definition) is 4. The van der Waals surface area contributed by atoms with Gasteiger partial charge in [-0.2, -0.15) is 5.26 Å². The Kier molecular flexibility index (Phi) is 4.51. The Balaban J connectivity index is 2.06. The fourth-order valence-electron chi connectivity index (χ4n) is 3.65. The van der Waals surface area contributed by atoms with Crippen molar-refractivity contribution in [3.05, 3.63) is 29.3 Å². The molecular weight excluding hydrogens is 304 g/mol. The third-order valence-electron chi connectivity index (χ3n) is 5.04. The zero-order valence-electron chi connectivity index (χ0n) is 14.3. The van der Waals surface area contributed by atoms with Gasteiger partial charge < -0.3 is 14.7 Å². The molecule has 1 amide bonds. The summed E-state index contributed by atoms with van der Waals surface area (Å²) in [6, 6.07) is 6.87. The predicted octanol–water partition coefficient (Wildman–Crippen LogP) is 2.92. The number of amides is 1. The molecule has 1 aromatic carbocycles. The zero-order chi connectivity index (χ0) is 17.3. The molecule has 0 bridgehead atoms. The number of rotatable bonds is 1. The summed E-state index contributed by atoms with van der Waals surface area (Å²) in [6.07, 6.45) is 3.67. The Morgan fingerprint density at radius 1 is 1.29 bits per heavy atom. The van der Waals surface area contributed by atoms with Crippen molar-refractivity contribution >= 4 is 5.91 Å². The number of ether oxygens (including phenoxy) is 1. The molecule has 24 heavy (non-hydrogen) atoms. The minimum absolute atomic E-state index is 0.0739. The number of benzene rings is 1. The molecule has 1 unspecified atom stereocenters. The molecule has 2 aliphatic heterocycles. The molecule has 0 radical (unpaired) electrons. The van der Waals surface area contributed by atoms with Crippen molar-refractivity contribution in [2.75, 3.05) is 6.54 Å². The minimum atomic E-state index is -0.845. The molecule has 0 spiro atoms. The summed E-state index contributed by atoms with van der Waals surface area (Å²) in [4.78, 5) is 14.5. The SMILES string of the molecule is CC1(C)Oc2ccc(C#N)cc2C(N2CCCCCCC2=O)[C@@H]1O. The van der Waals surface area contributed by atoms with Crippen LogP contribution >= 0.6 is 0 Å². The highest BCUT2D eigenvalue weighted by Crippen LogP contribution is 2.43. The van der Waals surface area contributed by atoms with Crippen molar-refractivity contribution in [2.24, 2.45) is 0 Å². The summed E-state index contributed by atoms with van der Waals surface area (Å²) in [5.41, 5.74) is 0.442. The van der Waals surface area contributed by atoms with E-state index in [2.05, 4.69) is 6.07 Å². The third kappa shape index (κ3) is 2.99. The van der Waals surface area contributed by atoms with Gasteiger partial charge in [-0.05, 0) is 44.9 Å². The quantitative estimate of drug-likeness (QED) is 0.860. The van der Waals surface area contributed by atoms with E-state index < -0.39 is 17.7 Å². The normalized spacial score (nSPS) is 26.6. The van der Waals surface area contributed by atoms with Gasteiger partial charge in [0.25, 0.3) is 0 Å². The average molecular weight is 328 g/mol. The first-order valence-electron chi connectivity index (χ1n) is 8.64. The van der Waals surface area contributed by atoms with Crippen LogP contribution in [-0.2, 0) is 4.79 Å². The smallest absolute Gasteiger partial charge is 0.223 e. The van der Waals surface area contributed by atoms with Crippen LogP contribution in [0, 0.1) is 11.3 Å². The van der Waals surface area contributed by atoms with E-state index in [1.54, 1.807) is 23.1 Å². The monoisotopic (exact) mass is 328 g/mol. The Morgan fingerprint density at radius 3 is 2.79 bits per heavy atom. The maximum atomic E-state index is 12.7. The molecule has 5 nitrogen and oxygen atoms in total. The van der Waals surface area contributed by atoms with E-state index in [0.717, 1.165) is 31.2 Å². The summed E-state index contributed by atoms with van der Waals surface area (Å²) in [6.45, 7) is 4.30. The molecule has 1 N–H and O–H groups in total. The average Bonchev–Trinajstić information content (AvgIpc) is 2.53. The lowest BCUT2D eigenvalue weighted by Crippen LogP contribution is -2.55. The van der Waals surface area contributed by atoms with Crippen molar-refractivity contribution in [3.63, 3.8) is 0 Å². The second kappa shape index (κ2) is 6.45. The van der Waals surface area contributed by atoms with E-state index in [1.165, 1.54) is 0 Å². The van der Waals surface area contributed by atoms with Crippen LogP contribution in [0.4, 0.5) is 0 Å². The molecule has 0 aromatic heterocycles. The lowest BCUT2D eigenvalue weighted by Gasteiger charge is -2.46. The summed E-state index contributed by atoms with van der Waals surface area (Å²) < 4.78 is 5.95. The number of carbonyl (C=O) groups excluding carboxylic acids is 1. The highest BCUT2D eigenvalue weighted by molar-refractivity contribution is 5.77. The second-order valence-electron chi connectivity index (χ2n) is 7.21. The molecule has 3 rings (SSSR count). The van der Waals surface area contributed by atoms with E-state index in [-0.39, 0.29) is 5.91 Å². The number of nitrogens with zero attached hydrogens (tertiary/aromatic N) is 2. The number of aliphatic hydroxyl groups excluding tert-OH is 1. The number of fused-ring (bicyclic) bond motifs is 1. The Labute approximate surface area is 142 Å². The topological polar surface area (TPSA) is 73.6 Å². The van der Waals surface area contributed by atoms with Crippen LogP contribution in [0.15, 0.2) is 18.2 Å². The molecule has 128 valence electrons. The van der Waals surface area contributed by atoms with Crippen LogP contribution in [0.25, 0.3) is 0 Å². The first kappa shape index (κ1) is 16.8. The first-order valence-corrected chi connectivity index (χ1v) is 8.64. The standard InChI is InChI=1S/C19H24N2O3/c1-19(2)18(23)17(21-10-6-4-3-5-7-16(21)22)14-11-13(12-20)8-9-15(14)24-19/h8-9,11,17-18,23H,3-7,10H2,1-2H3/t17?,18-/m0/s1. The molecule has 1 fully saturated rings. The third-order valence-corrected chi connectivity index (χ3v) is 5.04. The van der Waals surface area contributed by atoms with E-state index >= 15 is 0 Å². The summed E-state index contributed by atoms with van der Waals surface area (Å²) >= 11 is 0. The van der Waals surface area contributed by atoms with E-state index in [0.29, 0.717) is 24.3 Å². The summed E-state index contributed by atoms with van der Waals surface area (Å²) in [5.74, 6) is 0.717. The van der Waals surface area contributed by atoms with Crippen LogP contribution in [0.5, 0.6) is 5.75 Å². The first-order chi connectivity index (χ1) is 11.4. The van der Waals surface area contributed by atoms with Gasteiger partial charge in [-0.15, -0.1) is 0 Å². The van der Waals surface area contributed by atoms with Crippen LogP contribution < -0.4 is 4.74 Å². The predicted molar refractivity (Wildman–Crippen MR) is 89.4 cm³/mol. The largest absolute Gasteiger partial charge is 0.485 e. The maximum Gasteiger partial charge on any atom is 0.223 e. The van der Waals surface area contributed by atoms with Crippen LogP contribution in [0.2, 0.25) is 0 Å². The summed E-state index contributed by atoms with van der Waals surface area (Å²) in [5, 5.41) is 20.1. The van der Waals surface area contributed by atoms with Gasteiger partial charge in [0.2, 0.25) is 5.91 Å². The van der Waals surface area contributed by atoms with Gasteiger partial charge in [-0.3, -0.25) is 4.79 Å². The molecular formula is C19H24N2O3. The lowest BCUT2D eigenvalue weighted by atomic mass is 9.84. The van der Waals surface area contributed by atoms with Crippen LogP contribution in [0.1, 0.15) is 63.1 Å². The number of hydrogen-bond donors (Lipinski definition) is 1. The number of nitriles is 1. The Hall–Kier alpha value is -2.06. The number of carbonyl (C=O) groups is 1. The van der Waals surface area contributed by atoms with Gasteiger partial charge in [0.05, 0.1) is 17.7 Å². The Bertz CT molecular complexity index is 678. The molecule has 2 aliphatic rings. The maximum absolute atomic E-state index is 12.7. The second-order valence-corrected chi connectivity index (χ2v) is 7.21. The van der Waals surface area contributed by atoms with Crippen molar-refractivity contribution in [1.82, 2.24) is 4.90 Å². The van der Waals surface area contributed by atoms with Gasteiger partial charge in [-0.1, -0.05) is 12.8 Å². The number of likely N-dealkylation sites (tertiary alicyclic amines) is 1. The summed E-state index contributed by atoms with van der Waals surface area (Å²) in [7, 11) is 0. The lowest BCUT2D eigenvalue weighted by molar-refractivity contribution is -0.145. The van der Waals surface area contributed by atoms with Gasteiger partial charge in [0.15, 0.2) is 0 Å². The molecule has 0 saturated carbocycles. The number of aliphatic hydroxyl groups is 1. The molecule has 5 heteroatoms. The van der Waals surface area contributed by atoms with E-state index in [9.17, 15) is 15.2 Å². The van der Waals surface area contributed by atoms with Gasteiger partial charge in [0.1, 0.15) is 17.5 Å². The van der Waals surface area contributed by atoms with Gasteiger partial charge >= 0.3 is 0 Å². The van der Waals surface area contributed by atoms with Crippen molar-refractivity contribution in [3.8, 4) is 11.8 Å². The molecule has 1 saturated heterocycles. The zero-order valence-corrected chi connectivity index (χ0v) is 14.3. The molecule has 2 atom stereocenters. The van der Waals surface area contributed by atoms with Crippen molar-refractivity contribution in [1.29, 1.82) is 5.26 Å². The fourth-order valence-corrected chi connectivity index (χ4v) is 3.65. The molecule has 2 heterocycles. The van der Waals surface area contributed by atoms with Gasteiger partial charge in [0, 0.05) is 18.5 Å². The Morgan fingerprint density at radius 2 is 2.04 bits per heavy atom. The van der Waals surface area contributed by atoms with Crippen LogP contribution in [-0.4, -0.2) is 34.2 Å². The van der Waals surface area contributed by atoms with Crippen LogP contribution in [0.3, 0.4) is 0 Å². The fraction of sp³-hybridized carbons (Fsp3) is 0.579.